The zero-order chi connectivity index (χ0) is 26.8. The molecule has 0 aromatic heterocycles. The van der Waals surface area contributed by atoms with Crippen LogP contribution in [0.1, 0.15) is 29.5 Å². The normalized spacial score (nSPS) is 12.8. The number of halogens is 6. The second kappa shape index (κ2) is 10.4. The number of benzene rings is 3. The van der Waals surface area contributed by atoms with Gasteiger partial charge in [-0.2, -0.15) is 13.2 Å². The monoisotopic (exact) mass is 546 g/mol. The van der Waals surface area contributed by atoms with Gasteiger partial charge in [0, 0.05) is 6.54 Å². The fourth-order valence-electron chi connectivity index (χ4n) is 3.41. The lowest BCUT2D eigenvalue weighted by Crippen LogP contribution is -2.28. The van der Waals surface area contributed by atoms with Crippen LogP contribution in [-0.2, 0) is 27.5 Å². The number of amides is 1. The highest BCUT2D eigenvalue weighted by Gasteiger charge is 2.31. The maximum absolute atomic E-state index is 14.3. The number of hydrogen-bond donors (Lipinski definition) is 2. The summed E-state index contributed by atoms with van der Waals surface area (Å²) in [6.07, 6.45) is -3.76. The van der Waals surface area contributed by atoms with Crippen molar-refractivity contribution in [3.8, 4) is 11.1 Å². The minimum atomic E-state index is -4.63. The van der Waals surface area contributed by atoms with Gasteiger partial charge in [-0.05, 0) is 65.6 Å². The van der Waals surface area contributed by atoms with Gasteiger partial charge < -0.3 is 5.32 Å². The molecule has 0 saturated heterocycles. The van der Waals surface area contributed by atoms with Gasteiger partial charge in [0.05, 0.1) is 28.4 Å². The number of anilines is 1. The molecule has 0 saturated carbocycles. The molecule has 0 aliphatic rings. The van der Waals surface area contributed by atoms with E-state index in [2.05, 4.69) is 5.32 Å². The molecule has 0 fully saturated rings. The molecular weight excluding hydrogens is 527 g/mol. The average molecular weight is 547 g/mol. The van der Waals surface area contributed by atoms with Crippen LogP contribution in [0.2, 0.25) is 5.02 Å². The molecule has 2 N–H and O–H groups in total. The molecule has 1 unspecified atom stereocenters. The molecule has 1 atom stereocenters. The van der Waals surface area contributed by atoms with E-state index in [0.29, 0.717) is 5.56 Å². The Hall–Kier alpha value is -3.18. The van der Waals surface area contributed by atoms with Crippen LogP contribution in [0, 0.1) is 11.6 Å². The van der Waals surface area contributed by atoms with Crippen molar-refractivity contribution in [2.45, 2.75) is 25.6 Å². The van der Waals surface area contributed by atoms with Crippen LogP contribution in [0.4, 0.5) is 27.6 Å². The van der Waals surface area contributed by atoms with Crippen molar-refractivity contribution in [2.24, 2.45) is 0 Å². The molecular formula is C24H20ClF5N2O3S. The average Bonchev–Trinajstić information content (AvgIpc) is 2.78. The van der Waals surface area contributed by atoms with Gasteiger partial charge >= 0.3 is 6.18 Å². The van der Waals surface area contributed by atoms with Crippen LogP contribution in [0.5, 0.6) is 0 Å². The highest BCUT2D eigenvalue weighted by atomic mass is 35.5. The number of hydrogen-bond acceptors (Lipinski definition) is 3. The molecule has 0 spiro atoms. The third-order valence-electron chi connectivity index (χ3n) is 5.30. The number of rotatable bonds is 7. The van der Waals surface area contributed by atoms with E-state index in [-0.39, 0.29) is 33.9 Å². The topological polar surface area (TPSA) is 75.3 Å². The summed E-state index contributed by atoms with van der Waals surface area (Å²) in [5, 5.41) is 2.33. The van der Waals surface area contributed by atoms with Crippen LogP contribution < -0.4 is 10.0 Å². The van der Waals surface area contributed by atoms with Gasteiger partial charge in [0.2, 0.25) is 15.9 Å². The molecule has 12 heteroatoms. The molecule has 3 aromatic rings. The van der Waals surface area contributed by atoms with Crippen LogP contribution in [0.25, 0.3) is 11.1 Å². The summed E-state index contributed by atoms with van der Waals surface area (Å²) in [4.78, 5) is 12.7. The van der Waals surface area contributed by atoms with Gasteiger partial charge in [0.25, 0.3) is 0 Å². The summed E-state index contributed by atoms with van der Waals surface area (Å²) in [5.74, 6) is -3.04. The molecule has 1 amide bonds. The van der Waals surface area contributed by atoms with Crippen molar-refractivity contribution < 1.29 is 35.2 Å². The van der Waals surface area contributed by atoms with Gasteiger partial charge in [-0.3, -0.25) is 9.52 Å². The van der Waals surface area contributed by atoms with E-state index in [0.717, 1.165) is 30.5 Å². The first-order valence-corrected chi connectivity index (χ1v) is 12.6. The number of carbonyl (C=O) groups excluding carboxylic acids is 1. The van der Waals surface area contributed by atoms with E-state index in [9.17, 15) is 35.2 Å². The number of carbonyl (C=O) groups is 1. The lowest BCUT2D eigenvalue weighted by molar-refractivity contribution is -0.137. The number of sulfonamides is 1. The largest absolute Gasteiger partial charge is 0.416 e. The van der Waals surface area contributed by atoms with Crippen molar-refractivity contribution in [2.75, 3.05) is 11.0 Å². The van der Waals surface area contributed by atoms with Crippen LogP contribution >= 0.6 is 11.6 Å². The van der Waals surface area contributed by atoms with Crippen molar-refractivity contribution in [3.63, 3.8) is 0 Å². The van der Waals surface area contributed by atoms with Gasteiger partial charge in [0.15, 0.2) is 0 Å². The van der Waals surface area contributed by atoms with Gasteiger partial charge in [0.1, 0.15) is 11.6 Å². The quantitative estimate of drug-likeness (QED) is 0.352. The summed E-state index contributed by atoms with van der Waals surface area (Å²) < 4.78 is 92.4. The minimum absolute atomic E-state index is 0.0990. The van der Waals surface area contributed by atoms with Gasteiger partial charge in [-0.1, -0.05) is 29.8 Å². The first kappa shape index (κ1) is 27.4. The Morgan fingerprint density at radius 1 is 1.00 bits per heavy atom. The van der Waals surface area contributed by atoms with Gasteiger partial charge in [-0.15, -0.1) is 0 Å². The standard InChI is InChI=1S/C24H20ClF5N2O3S/c1-13(14-5-8-22(21(27)10-14)32-36(2,34)35)23(33)31-12-16-3-6-17(24(28,29)30)11-18(16)15-4-7-20(26)19(25)9-15/h3-11,13,32H,12H2,1-2H3,(H,31,33). The maximum Gasteiger partial charge on any atom is 0.416 e. The molecule has 0 heterocycles. The fraction of sp³-hybridized carbons (Fsp3) is 0.208. The Morgan fingerprint density at radius 2 is 1.69 bits per heavy atom. The summed E-state index contributed by atoms with van der Waals surface area (Å²) in [5.41, 5.74) is -0.323. The Kier molecular flexibility index (Phi) is 7.94. The van der Waals surface area contributed by atoms with Crippen LogP contribution in [0.15, 0.2) is 54.6 Å². The van der Waals surface area contributed by atoms with Crippen molar-refractivity contribution in [1.29, 1.82) is 0 Å². The number of nitrogens with one attached hydrogen (secondary N) is 2. The van der Waals surface area contributed by atoms with Crippen LogP contribution in [0.3, 0.4) is 0 Å². The third kappa shape index (κ3) is 6.73. The smallest absolute Gasteiger partial charge is 0.351 e. The van der Waals surface area contributed by atoms with E-state index in [1.807, 2.05) is 4.72 Å². The van der Waals surface area contributed by atoms with E-state index in [1.165, 1.54) is 37.3 Å². The molecule has 0 aliphatic carbocycles. The molecule has 0 bridgehead atoms. The highest BCUT2D eigenvalue weighted by Crippen LogP contribution is 2.35. The molecule has 0 radical (unpaired) electrons. The SMILES string of the molecule is CC(C(=O)NCc1ccc(C(F)(F)F)cc1-c1ccc(F)c(Cl)c1)c1ccc(NS(C)(=O)=O)c(F)c1. The van der Waals surface area contributed by atoms with E-state index in [1.54, 1.807) is 0 Å². The summed E-state index contributed by atoms with van der Waals surface area (Å²) in [6, 6.07) is 10.0. The molecule has 36 heavy (non-hydrogen) atoms. The number of alkyl halides is 3. The Balaban J connectivity index is 1.84. The van der Waals surface area contributed by atoms with Crippen molar-refractivity contribution in [1.82, 2.24) is 5.32 Å². The Bertz CT molecular complexity index is 1410. The van der Waals surface area contributed by atoms with Crippen molar-refractivity contribution in [3.05, 3.63) is 87.9 Å². The second-order valence-electron chi connectivity index (χ2n) is 8.05. The first-order valence-electron chi connectivity index (χ1n) is 10.4. The summed E-state index contributed by atoms with van der Waals surface area (Å²) in [6.45, 7) is 1.31. The predicted octanol–water partition coefficient (Wildman–Crippen LogP) is 6.10. The molecule has 3 rings (SSSR count). The maximum atomic E-state index is 14.3. The van der Waals surface area contributed by atoms with E-state index >= 15 is 0 Å². The Morgan fingerprint density at radius 3 is 2.28 bits per heavy atom. The molecule has 192 valence electrons. The fourth-order valence-corrected chi connectivity index (χ4v) is 4.15. The van der Waals surface area contributed by atoms with E-state index in [4.69, 9.17) is 11.6 Å². The second-order valence-corrected chi connectivity index (χ2v) is 10.2. The minimum Gasteiger partial charge on any atom is -0.351 e. The third-order valence-corrected chi connectivity index (χ3v) is 6.18. The molecule has 0 aliphatic heterocycles. The predicted molar refractivity (Wildman–Crippen MR) is 127 cm³/mol. The van der Waals surface area contributed by atoms with Crippen molar-refractivity contribution >= 4 is 33.2 Å². The summed E-state index contributed by atoms with van der Waals surface area (Å²) >= 11 is 5.81. The molecule has 5 nitrogen and oxygen atoms in total. The highest BCUT2D eigenvalue weighted by molar-refractivity contribution is 7.92. The van der Waals surface area contributed by atoms with Gasteiger partial charge in [-0.25, -0.2) is 17.2 Å². The zero-order valence-electron chi connectivity index (χ0n) is 18.9. The lowest BCUT2D eigenvalue weighted by atomic mass is 9.96. The first-order chi connectivity index (χ1) is 16.7. The summed E-state index contributed by atoms with van der Waals surface area (Å²) in [7, 11) is -3.70. The Labute approximate surface area is 209 Å². The lowest BCUT2D eigenvalue weighted by Gasteiger charge is -2.17. The van der Waals surface area contributed by atoms with E-state index < -0.39 is 45.2 Å². The van der Waals surface area contributed by atoms with Crippen LogP contribution in [-0.4, -0.2) is 20.6 Å². The zero-order valence-corrected chi connectivity index (χ0v) is 20.5. The molecule has 3 aromatic carbocycles.